The summed E-state index contributed by atoms with van der Waals surface area (Å²) < 4.78 is 42.8. The fourth-order valence-corrected chi connectivity index (χ4v) is 5.45. The van der Waals surface area contributed by atoms with Crippen molar-refractivity contribution >= 4 is 56.0 Å². The summed E-state index contributed by atoms with van der Waals surface area (Å²) in [6, 6.07) is 2.04. The molecule has 2 aliphatic heterocycles. The van der Waals surface area contributed by atoms with Crippen molar-refractivity contribution < 1.29 is 46.3 Å². The molecule has 2 saturated heterocycles. The van der Waals surface area contributed by atoms with Crippen molar-refractivity contribution in [3.8, 4) is 5.75 Å². The Morgan fingerprint density at radius 1 is 1.30 bits per heavy atom. The Hall–Kier alpha value is -4.37. The van der Waals surface area contributed by atoms with Crippen molar-refractivity contribution in [3.05, 3.63) is 41.3 Å². The van der Waals surface area contributed by atoms with Gasteiger partial charge in [0.2, 0.25) is 0 Å². The van der Waals surface area contributed by atoms with Crippen LogP contribution in [-0.4, -0.2) is 98.4 Å². The van der Waals surface area contributed by atoms with E-state index in [1.54, 1.807) is 22.7 Å². The maximum atomic E-state index is 13.2. The number of hydrogen-bond donors (Lipinski definition) is 5. The number of imidazole rings is 1. The minimum Gasteiger partial charge on any atom is -0.487 e. The van der Waals surface area contributed by atoms with Crippen LogP contribution in [0.1, 0.15) is 25.2 Å². The van der Waals surface area contributed by atoms with E-state index in [9.17, 15) is 27.9 Å². The highest BCUT2D eigenvalue weighted by Crippen LogP contribution is 2.33. The van der Waals surface area contributed by atoms with Crippen molar-refractivity contribution in [2.45, 2.75) is 38.0 Å². The number of nitrogens with zero attached hydrogens (tertiary/aromatic N) is 5. The lowest BCUT2D eigenvalue weighted by molar-refractivity contribution is -0.218. The molecule has 2 aliphatic rings. The van der Waals surface area contributed by atoms with Gasteiger partial charge < -0.3 is 35.4 Å². The molecule has 44 heavy (non-hydrogen) atoms. The lowest BCUT2D eigenvalue weighted by atomic mass is 9.84. The second-order valence-corrected chi connectivity index (χ2v) is 12.4. The van der Waals surface area contributed by atoms with Gasteiger partial charge >= 0.3 is 16.4 Å². The Labute approximate surface area is 253 Å². The quantitative estimate of drug-likeness (QED) is 0.0658. The van der Waals surface area contributed by atoms with E-state index in [4.69, 9.17) is 19.9 Å². The van der Waals surface area contributed by atoms with Crippen LogP contribution in [0.15, 0.2) is 35.1 Å². The molecule has 0 aromatic carbocycles. The number of nitrogens with one attached hydrogen (secondary N) is 2. The van der Waals surface area contributed by atoms with Gasteiger partial charge in [0.1, 0.15) is 29.7 Å². The van der Waals surface area contributed by atoms with Gasteiger partial charge in [-0.25, -0.2) is 14.8 Å². The third kappa shape index (κ3) is 6.73. The molecule has 5 rings (SSSR count). The van der Waals surface area contributed by atoms with E-state index < -0.39 is 58.2 Å². The molecule has 0 saturated carbocycles. The molecule has 3 aromatic heterocycles. The third-order valence-corrected chi connectivity index (χ3v) is 7.90. The molecule has 5 heterocycles. The second-order valence-electron chi connectivity index (χ2n) is 10.5. The van der Waals surface area contributed by atoms with Crippen LogP contribution in [0.3, 0.4) is 0 Å². The first-order valence-electron chi connectivity index (χ1n) is 13.0. The van der Waals surface area contributed by atoms with Gasteiger partial charge in [-0.05, 0) is 51.4 Å². The van der Waals surface area contributed by atoms with Crippen LogP contribution in [0.5, 0.6) is 5.75 Å². The number of oxime groups is 1. The molecule has 0 spiro atoms. The zero-order valence-corrected chi connectivity index (χ0v) is 24.9. The number of β-lactam (4-membered cyclic amide) rings is 1. The van der Waals surface area contributed by atoms with E-state index in [0.717, 1.165) is 36.5 Å². The Kier molecular flexibility index (Phi) is 8.44. The first kappa shape index (κ1) is 31.1. The minimum atomic E-state index is -5.01. The zero-order valence-electron chi connectivity index (χ0n) is 23.2. The molecule has 2 fully saturated rings. The number of aliphatic carboxylic acids is 1. The molecule has 20 heteroatoms. The van der Waals surface area contributed by atoms with Gasteiger partial charge in [-0.2, -0.15) is 13.5 Å². The van der Waals surface area contributed by atoms with Crippen LogP contribution >= 0.6 is 11.3 Å². The molecule has 0 bridgehead atoms. The predicted molar refractivity (Wildman–Crippen MR) is 152 cm³/mol. The van der Waals surface area contributed by atoms with Crippen molar-refractivity contribution in [3.63, 3.8) is 0 Å². The second kappa shape index (κ2) is 12.0. The number of thiazole rings is 1. The average molecular weight is 653 g/mol. The summed E-state index contributed by atoms with van der Waals surface area (Å²) in [5.74, 6) is -2.58. The number of carboxylic acids is 1. The summed E-state index contributed by atoms with van der Waals surface area (Å²) in [6.45, 7) is 4.13. The molecule has 2 unspecified atom stereocenters. The number of nitrogen functional groups attached to an aromatic ring is 1. The van der Waals surface area contributed by atoms with Gasteiger partial charge in [0, 0.05) is 11.6 Å². The lowest BCUT2D eigenvalue weighted by Gasteiger charge is -2.50. The van der Waals surface area contributed by atoms with E-state index >= 15 is 0 Å². The molecular formula is C24H28N8O10S2. The summed E-state index contributed by atoms with van der Waals surface area (Å²) in [7, 11) is -5.01. The number of anilines is 1. The van der Waals surface area contributed by atoms with E-state index in [1.807, 2.05) is 6.20 Å². The third-order valence-electron chi connectivity index (χ3n) is 6.89. The number of ether oxygens (including phenoxy) is 1. The molecule has 6 N–H and O–H groups in total. The molecule has 3 aromatic rings. The number of carbonyl (C=O) groups is 3. The summed E-state index contributed by atoms with van der Waals surface area (Å²) in [5.41, 5.74) is 5.30. The van der Waals surface area contributed by atoms with Crippen LogP contribution in [-0.2, 0) is 40.3 Å². The van der Waals surface area contributed by atoms with Gasteiger partial charge in [-0.15, -0.1) is 15.6 Å². The van der Waals surface area contributed by atoms with Crippen LogP contribution in [0.2, 0.25) is 0 Å². The number of carbonyl (C=O) groups excluding carboxylic acids is 2. The molecule has 2 amide bonds. The Bertz CT molecular complexity index is 1730. The topological polar surface area (TPSA) is 249 Å². The fraction of sp³-hybridized carbons (Fsp3) is 0.417. The highest BCUT2D eigenvalue weighted by molar-refractivity contribution is 7.80. The van der Waals surface area contributed by atoms with Gasteiger partial charge in [0.15, 0.2) is 10.8 Å². The van der Waals surface area contributed by atoms with Gasteiger partial charge in [0.05, 0.1) is 17.4 Å². The minimum absolute atomic E-state index is 0.0637. The number of carboxylic acid groups (broad SMARTS) is 1. The highest BCUT2D eigenvalue weighted by Gasteiger charge is 2.58. The van der Waals surface area contributed by atoms with Crippen molar-refractivity contribution in [2.24, 2.45) is 11.1 Å². The van der Waals surface area contributed by atoms with Gasteiger partial charge in [-0.1, -0.05) is 5.16 Å². The number of pyridine rings is 1. The smallest absolute Gasteiger partial charge is 0.418 e. The molecular weight excluding hydrogens is 624 g/mol. The first-order chi connectivity index (χ1) is 20.7. The first-order valence-corrected chi connectivity index (χ1v) is 15.3. The van der Waals surface area contributed by atoms with E-state index in [1.165, 1.54) is 19.2 Å². The summed E-state index contributed by atoms with van der Waals surface area (Å²) in [6.07, 6.45) is 2.69. The van der Waals surface area contributed by atoms with Crippen LogP contribution in [0.25, 0.3) is 5.65 Å². The van der Waals surface area contributed by atoms with Crippen molar-refractivity contribution in [1.82, 2.24) is 30.1 Å². The Balaban J connectivity index is 1.27. The SMILES string of the molecule is CC1(C)C(NC(=O)C(=NOC(COc2ccc3nc(CC4CNC4)cn3c2)C(=O)O)c2csc(N)n2)C(=O)N1OS(=O)(=O)O. The van der Waals surface area contributed by atoms with E-state index in [0.29, 0.717) is 22.4 Å². The monoisotopic (exact) mass is 652 g/mol. The molecule has 0 aliphatic carbocycles. The maximum Gasteiger partial charge on any atom is 0.418 e. The molecule has 2 atom stereocenters. The van der Waals surface area contributed by atoms with Crippen molar-refractivity contribution in [2.75, 3.05) is 25.4 Å². The van der Waals surface area contributed by atoms with Gasteiger partial charge in [0.25, 0.3) is 17.9 Å². The number of hydroxylamine groups is 2. The van der Waals surface area contributed by atoms with Crippen LogP contribution < -0.4 is 21.1 Å². The number of rotatable bonds is 13. The van der Waals surface area contributed by atoms with Crippen molar-refractivity contribution in [1.29, 1.82) is 0 Å². The highest BCUT2D eigenvalue weighted by atomic mass is 32.3. The standard InChI is InChI=1S/C24H28N8O10S2/c1-24(2)19(21(34)32(24)42-44(37,38)39)29-20(33)18(15-11-43-23(25)28-15)30-41-16(22(35)36)10-40-14-3-4-17-27-13(8-31(17)9-14)5-12-6-26-7-12/h3-4,8-9,11-12,16,19,26H,5-7,10H2,1-2H3,(H2,25,28)(H,29,33)(H,35,36)(H,37,38,39). The van der Waals surface area contributed by atoms with Crippen LogP contribution in [0.4, 0.5) is 5.13 Å². The number of amides is 2. The lowest BCUT2D eigenvalue weighted by Crippen LogP contribution is -2.76. The molecule has 18 nitrogen and oxygen atoms in total. The van der Waals surface area contributed by atoms with E-state index in [2.05, 4.69) is 30.0 Å². The molecule has 0 radical (unpaired) electrons. The van der Waals surface area contributed by atoms with Gasteiger partial charge in [-0.3, -0.25) is 14.1 Å². The summed E-state index contributed by atoms with van der Waals surface area (Å²) >= 11 is 0.963. The number of fused-ring (bicyclic) bond motifs is 1. The normalized spacial score (nSPS) is 19.2. The number of nitrogens with two attached hydrogens (primary N) is 1. The largest absolute Gasteiger partial charge is 0.487 e. The zero-order chi connectivity index (χ0) is 31.8. The summed E-state index contributed by atoms with van der Waals surface area (Å²) in [5, 5.41) is 20.8. The number of hydrogen-bond acceptors (Lipinski definition) is 14. The maximum absolute atomic E-state index is 13.2. The number of aromatic nitrogens is 3. The summed E-state index contributed by atoms with van der Waals surface area (Å²) in [4.78, 5) is 51.4. The Morgan fingerprint density at radius 2 is 2.05 bits per heavy atom. The van der Waals surface area contributed by atoms with E-state index in [-0.39, 0.29) is 10.8 Å². The average Bonchev–Trinajstić information content (AvgIpc) is 3.54. The molecule has 236 valence electrons. The Morgan fingerprint density at radius 3 is 2.64 bits per heavy atom. The predicted octanol–water partition coefficient (Wildman–Crippen LogP) is -0.772. The fourth-order valence-electron chi connectivity index (χ4n) is 4.45. The van der Waals surface area contributed by atoms with Crippen LogP contribution in [0, 0.1) is 5.92 Å².